The Morgan fingerprint density at radius 1 is 1.45 bits per heavy atom. The van der Waals surface area contributed by atoms with E-state index in [9.17, 15) is 18.5 Å². The van der Waals surface area contributed by atoms with Crippen LogP contribution in [0.25, 0.3) is 0 Å². The van der Waals surface area contributed by atoms with E-state index in [0.717, 1.165) is 18.2 Å². The number of hydrogen-bond donors (Lipinski definition) is 2. The molecule has 112 valence electrons. The van der Waals surface area contributed by atoms with E-state index in [0.29, 0.717) is 0 Å². The highest BCUT2D eigenvalue weighted by atomic mass is 35.5. The number of halogens is 1. The summed E-state index contributed by atoms with van der Waals surface area (Å²) in [4.78, 5) is 9.74. The first-order chi connectivity index (χ1) is 9.19. The predicted molar refractivity (Wildman–Crippen MR) is 76.1 cm³/mol. The van der Waals surface area contributed by atoms with E-state index in [-0.39, 0.29) is 28.1 Å². The molecule has 0 bridgehead atoms. The number of nitro benzene ring substituents is 1. The molecule has 0 saturated heterocycles. The molecule has 0 spiro atoms. The van der Waals surface area contributed by atoms with Crippen molar-refractivity contribution in [3.8, 4) is 0 Å². The molecule has 20 heavy (non-hydrogen) atoms. The third-order valence-corrected chi connectivity index (χ3v) is 4.75. The molecule has 1 unspecified atom stereocenters. The first-order valence-corrected chi connectivity index (χ1v) is 7.71. The Kier molecular flexibility index (Phi) is 5.46. The van der Waals surface area contributed by atoms with Crippen molar-refractivity contribution < 1.29 is 13.3 Å². The van der Waals surface area contributed by atoms with Gasteiger partial charge in [-0.05, 0) is 12.0 Å². The van der Waals surface area contributed by atoms with Gasteiger partial charge in [0.15, 0.2) is 0 Å². The second-order valence-corrected chi connectivity index (χ2v) is 6.67. The summed E-state index contributed by atoms with van der Waals surface area (Å²) in [7, 11) is -3.87. The van der Waals surface area contributed by atoms with Gasteiger partial charge in [0, 0.05) is 24.7 Å². The minimum atomic E-state index is -3.87. The Balaban J connectivity index is 3.13. The van der Waals surface area contributed by atoms with Crippen LogP contribution in [0.1, 0.15) is 13.8 Å². The summed E-state index contributed by atoms with van der Waals surface area (Å²) in [6.07, 6.45) is 0. The fourth-order valence-corrected chi connectivity index (χ4v) is 3.48. The van der Waals surface area contributed by atoms with Gasteiger partial charge >= 0.3 is 0 Å². The van der Waals surface area contributed by atoms with Gasteiger partial charge in [-0.1, -0.05) is 25.4 Å². The Morgan fingerprint density at radius 3 is 2.45 bits per heavy atom. The quantitative estimate of drug-likeness (QED) is 0.608. The molecule has 0 aliphatic rings. The number of non-ortho nitro benzene ring substituents is 1. The normalized spacial score (nSPS) is 13.4. The average Bonchev–Trinajstić information content (AvgIpc) is 2.35. The lowest BCUT2D eigenvalue weighted by Crippen LogP contribution is -2.43. The van der Waals surface area contributed by atoms with Crippen molar-refractivity contribution in [3.63, 3.8) is 0 Å². The van der Waals surface area contributed by atoms with Crippen LogP contribution in [0.3, 0.4) is 0 Å². The van der Waals surface area contributed by atoms with Crippen LogP contribution in [-0.4, -0.2) is 25.9 Å². The summed E-state index contributed by atoms with van der Waals surface area (Å²) >= 11 is 5.81. The van der Waals surface area contributed by atoms with E-state index in [4.69, 9.17) is 17.3 Å². The van der Waals surface area contributed by atoms with Gasteiger partial charge in [0.05, 0.1) is 9.95 Å². The molecular weight excluding hydrogens is 306 g/mol. The van der Waals surface area contributed by atoms with Crippen LogP contribution in [0.5, 0.6) is 0 Å². The number of sulfonamides is 1. The van der Waals surface area contributed by atoms with Crippen molar-refractivity contribution in [2.45, 2.75) is 24.8 Å². The van der Waals surface area contributed by atoms with Crippen molar-refractivity contribution in [1.29, 1.82) is 0 Å². The molecule has 0 amide bonds. The van der Waals surface area contributed by atoms with Gasteiger partial charge in [-0.15, -0.1) is 0 Å². The third-order valence-electron chi connectivity index (χ3n) is 2.78. The number of nitrogens with one attached hydrogen (secondary N) is 1. The largest absolute Gasteiger partial charge is 0.329 e. The lowest BCUT2D eigenvalue weighted by molar-refractivity contribution is -0.384. The highest BCUT2D eigenvalue weighted by Gasteiger charge is 2.24. The smallest absolute Gasteiger partial charge is 0.271 e. The van der Waals surface area contributed by atoms with Crippen LogP contribution in [0.15, 0.2) is 23.1 Å². The molecule has 0 radical (unpaired) electrons. The molecular formula is C11H16ClN3O4S. The fraction of sp³-hybridized carbons (Fsp3) is 0.455. The molecule has 0 fully saturated rings. The molecule has 0 saturated carbocycles. The molecule has 0 heterocycles. The van der Waals surface area contributed by atoms with E-state index in [1.54, 1.807) is 0 Å². The summed E-state index contributed by atoms with van der Waals surface area (Å²) in [6.45, 7) is 3.80. The minimum absolute atomic E-state index is 0.00611. The maximum atomic E-state index is 12.2. The molecule has 1 atom stereocenters. The van der Waals surface area contributed by atoms with Crippen LogP contribution < -0.4 is 10.5 Å². The van der Waals surface area contributed by atoms with Crippen LogP contribution in [-0.2, 0) is 10.0 Å². The Labute approximate surface area is 122 Å². The second kappa shape index (κ2) is 6.49. The van der Waals surface area contributed by atoms with E-state index in [1.165, 1.54) is 0 Å². The van der Waals surface area contributed by atoms with E-state index in [2.05, 4.69) is 4.72 Å². The SMILES string of the molecule is CC(C)C(CN)NS(=O)(=O)c1ccc([N+](=O)[O-])cc1Cl. The molecule has 1 aromatic rings. The van der Waals surface area contributed by atoms with E-state index in [1.807, 2.05) is 13.8 Å². The van der Waals surface area contributed by atoms with Crippen molar-refractivity contribution in [2.75, 3.05) is 6.54 Å². The number of nitrogens with two attached hydrogens (primary N) is 1. The summed E-state index contributed by atoms with van der Waals surface area (Å²) in [6, 6.07) is 2.76. The van der Waals surface area contributed by atoms with E-state index >= 15 is 0 Å². The van der Waals surface area contributed by atoms with Crippen LogP contribution >= 0.6 is 11.6 Å². The highest BCUT2D eigenvalue weighted by Crippen LogP contribution is 2.26. The average molecular weight is 322 g/mol. The summed E-state index contributed by atoms with van der Waals surface area (Å²) in [5.41, 5.74) is 5.24. The molecule has 9 heteroatoms. The lowest BCUT2D eigenvalue weighted by Gasteiger charge is -2.20. The highest BCUT2D eigenvalue weighted by molar-refractivity contribution is 7.89. The molecule has 1 aromatic carbocycles. The number of hydrogen-bond acceptors (Lipinski definition) is 5. The second-order valence-electron chi connectivity index (χ2n) is 4.58. The number of benzene rings is 1. The zero-order valence-corrected chi connectivity index (χ0v) is 12.6. The van der Waals surface area contributed by atoms with Crippen molar-refractivity contribution in [1.82, 2.24) is 4.72 Å². The Hall–Kier alpha value is -1.22. The molecule has 0 aromatic heterocycles. The zero-order chi connectivity index (χ0) is 15.5. The monoisotopic (exact) mass is 321 g/mol. The molecule has 0 aliphatic carbocycles. The van der Waals surface area contributed by atoms with Crippen molar-refractivity contribution in [2.24, 2.45) is 11.7 Å². The lowest BCUT2D eigenvalue weighted by atomic mass is 10.1. The molecule has 7 nitrogen and oxygen atoms in total. The molecule has 3 N–H and O–H groups in total. The fourth-order valence-electron chi connectivity index (χ4n) is 1.54. The van der Waals surface area contributed by atoms with Gasteiger partial charge in [0.25, 0.3) is 5.69 Å². The Morgan fingerprint density at radius 2 is 2.05 bits per heavy atom. The Bertz CT molecular complexity index is 604. The molecule has 1 rings (SSSR count). The topological polar surface area (TPSA) is 115 Å². The number of rotatable bonds is 6. The maximum absolute atomic E-state index is 12.2. The predicted octanol–water partition coefficient (Wildman–Crippen LogP) is 1.51. The summed E-state index contributed by atoms with van der Waals surface area (Å²) in [5, 5.41) is 10.4. The number of nitrogens with zero attached hydrogens (tertiary/aromatic N) is 1. The van der Waals surface area contributed by atoms with Gasteiger partial charge in [-0.2, -0.15) is 0 Å². The van der Waals surface area contributed by atoms with Crippen LogP contribution in [0, 0.1) is 16.0 Å². The van der Waals surface area contributed by atoms with Crippen molar-refractivity contribution >= 4 is 27.3 Å². The van der Waals surface area contributed by atoms with Crippen LogP contribution in [0.2, 0.25) is 5.02 Å². The maximum Gasteiger partial charge on any atom is 0.271 e. The van der Waals surface area contributed by atoms with Gasteiger partial charge in [0.2, 0.25) is 10.0 Å². The minimum Gasteiger partial charge on any atom is -0.329 e. The van der Waals surface area contributed by atoms with E-state index < -0.39 is 21.0 Å². The summed E-state index contributed by atoms with van der Waals surface area (Å²) in [5.74, 6) is 0.00611. The van der Waals surface area contributed by atoms with Crippen molar-refractivity contribution in [3.05, 3.63) is 33.3 Å². The molecule has 0 aliphatic heterocycles. The standard InChI is InChI=1S/C11H16ClN3O4S/c1-7(2)10(6-13)14-20(18,19)11-4-3-8(15(16)17)5-9(11)12/h3-5,7,10,14H,6,13H2,1-2H3. The van der Waals surface area contributed by atoms with Gasteiger partial charge in [-0.25, -0.2) is 13.1 Å². The third kappa shape index (κ3) is 3.89. The van der Waals surface area contributed by atoms with Crippen LogP contribution in [0.4, 0.5) is 5.69 Å². The first-order valence-electron chi connectivity index (χ1n) is 5.85. The van der Waals surface area contributed by atoms with Gasteiger partial charge in [-0.3, -0.25) is 10.1 Å². The first kappa shape index (κ1) is 16.8. The number of nitro groups is 1. The zero-order valence-electron chi connectivity index (χ0n) is 11.0. The van der Waals surface area contributed by atoms with Gasteiger partial charge < -0.3 is 5.73 Å². The summed E-state index contributed by atoms with van der Waals surface area (Å²) < 4.78 is 26.8. The van der Waals surface area contributed by atoms with Gasteiger partial charge in [0.1, 0.15) is 4.90 Å².